The van der Waals surface area contributed by atoms with Crippen LogP contribution in [0, 0.1) is 12.3 Å². The third-order valence-electron chi connectivity index (χ3n) is 3.00. The molecule has 116 valence electrons. The SMILES string of the molecule is COC(=O)[C@@H](NC(=O)CSc1ccc(C)cc1)C(C)(C)C. The fourth-order valence-corrected chi connectivity index (χ4v) is 2.44. The molecule has 0 fully saturated rings. The van der Waals surface area contributed by atoms with Crippen LogP contribution in [0.25, 0.3) is 0 Å². The first kappa shape index (κ1) is 17.6. The summed E-state index contributed by atoms with van der Waals surface area (Å²) >= 11 is 1.45. The predicted octanol–water partition coefficient (Wildman–Crippen LogP) is 2.79. The van der Waals surface area contributed by atoms with E-state index in [1.165, 1.54) is 24.4 Å². The number of thioether (sulfide) groups is 1. The second-order valence-electron chi connectivity index (χ2n) is 5.99. The van der Waals surface area contributed by atoms with Crippen LogP contribution in [0.3, 0.4) is 0 Å². The molecule has 4 nitrogen and oxygen atoms in total. The van der Waals surface area contributed by atoms with Gasteiger partial charge in [0.15, 0.2) is 0 Å². The molecule has 0 radical (unpaired) electrons. The van der Waals surface area contributed by atoms with Gasteiger partial charge in [0.25, 0.3) is 0 Å². The summed E-state index contributed by atoms with van der Waals surface area (Å²) in [4.78, 5) is 24.8. The van der Waals surface area contributed by atoms with E-state index in [2.05, 4.69) is 5.32 Å². The molecule has 0 aliphatic carbocycles. The molecule has 0 aliphatic heterocycles. The maximum atomic E-state index is 12.0. The van der Waals surface area contributed by atoms with Crippen LogP contribution in [0.4, 0.5) is 0 Å². The zero-order valence-electron chi connectivity index (χ0n) is 13.2. The van der Waals surface area contributed by atoms with E-state index >= 15 is 0 Å². The lowest BCUT2D eigenvalue weighted by molar-refractivity contribution is -0.147. The molecule has 0 bridgehead atoms. The fraction of sp³-hybridized carbons (Fsp3) is 0.500. The molecule has 1 aromatic rings. The van der Waals surface area contributed by atoms with Crippen LogP contribution in [0.2, 0.25) is 0 Å². The van der Waals surface area contributed by atoms with Gasteiger partial charge >= 0.3 is 5.97 Å². The van der Waals surface area contributed by atoms with Gasteiger partial charge in [0.05, 0.1) is 12.9 Å². The smallest absolute Gasteiger partial charge is 0.328 e. The lowest BCUT2D eigenvalue weighted by Crippen LogP contribution is -2.50. The van der Waals surface area contributed by atoms with Gasteiger partial charge in [0.2, 0.25) is 5.91 Å². The van der Waals surface area contributed by atoms with Crippen molar-refractivity contribution in [3.63, 3.8) is 0 Å². The number of hydrogen-bond donors (Lipinski definition) is 1. The van der Waals surface area contributed by atoms with Crippen LogP contribution >= 0.6 is 11.8 Å². The largest absolute Gasteiger partial charge is 0.467 e. The molecule has 1 atom stereocenters. The van der Waals surface area contributed by atoms with Crippen molar-refractivity contribution < 1.29 is 14.3 Å². The Labute approximate surface area is 130 Å². The van der Waals surface area contributed by atoms with E-state index in [0.717, 1.165) is 4.90 Å². The van der Waals surface area contributed by atoms with Crippen molar-refractivity contribution in [2.24, 2.45) is 5.41 Å². The van der Waals surface area contributed by atoms with Gasteiger partial charge in [-0.1, -0.05) is 38.5 Å². The first-order valence-corrected chi connectivity index (χ1v) is 7.79. The second-order valence-corrected chi connectivity index (χ2v) is 7.04. The number of rotatable bonds is 5. The van der Waals surface area contributed by atoms with Gasteiger partial charge in [-0.2, -0.15) is 0 Å². The van der Waals surface area contributed by atoms with Gasteiger partial charge < -0.3 is 10.1 Å². The number of aryl methyl sites for hydroxylation is 1. The van der Waals surface area contributed by atoms with Gasteiger partial charge in [0, 0.05) is 4.90 Å². The van der Waals surface area contributed by atoms with E-state index in [4.69, 9.17) is 4.74 Å². The first-order valence-electron chi connectivity index (χ1n) is 6.80. The molecule has 1 rings (SSSR count). The summed E-state index contributed by atoms with van der Waals surface area (Å²) in [6.45, 7) is 7.69. The van der Waals surface area contributed by atoms with Crippen molar-refractivity contribution in [3.05, 3.63) is 29.8 Å². The molecule has 0 aromatic heterocycles. The minimum Gasteiger partial charge on any atom is -0.467 e. The third kappa shape index (κ3) is 5.79. The van der Waals surface area contributed by atoms with Crippen molar-refractivity contribution in [2.75, 3.05) is 12.9 Å². The number of carbonyl (C=O) groups is 2. The van der Waals surface area contributed by atoms with Crippen LogP contribution in [-0.4, -0.2) is 30.8 Å². The molecule has 1 aromatic carbocycles. The summed E-state index contributed by atoms with van der Waals surface area (Å²) in [5.41, 5.74) is 0.791. The molecular weight excluding hydrogens is 286 g/mol. The number of amides is 1. The molecular formula is C16H23NO3S. The van der Waals surface area contributed by atoms with Crippen molar-refractivity contribution in [3.8, 4) is 0 Å². The Morgan fingerprint density at radius 1 is 1.24 bits per heavy atom. The highest BCUT2D eigenvalue weighted by atomic mass is 32.2. The van der Waals surface area contributed by atoms with Crippen molar-refractivity contribution in [1.29, 1.82) is 0 Å². The Kier molecular flexibility index (Phi) is 6.27. The zero-order valence-corrected chi connectivity index (χ0v) is 14.0. The fourth-order valence-electron chi connectivity index (χ4n) is 1.73. The number of nitrogens with one attached hydrogen (secondary N) is 1. The summed E-state index contributed by atoms with van der Waals surface area (Å²) in [5, 5.41) is 2.75. The van der Waals surface area contributed by atoms with Gasteiger partial charge in [-0.05, 0) is 24.5 Å². The molecule has 21 heavy (non-hydrogen) atoms. The minimum absolute atomic E-state index is 0.175. The van der Waals surface area contributed by atoms with Crippen LogP contribution in [0.5, 0.6) is 0 Å². The Morgan fingerprint density at radius 2 is 1.81 bits per heavy atom. The van der Waals surface area contributed by atoms with Crippen molar-refractivity contribution in [1.82, 2.24) is 5.32 Å². The molecule has 0 saturated carbocycles. The molecule has 1 N–H and O–H groups in total. The number of esters is 1. The summed E-state index contributed by atoms with van der Waals surface area (Å²) in [6.07, 6.45) is 0. The Balaban J connectivity index is 2.58. The van der Waals surface area contributed by atoms with E-state index in [0.29, 0.717) is 0 Å². The standard InChI is InChI=1S/C16H23NO3S/c1-11-6-8-12(9-7-11)21-10-13(18)17-14(15(19)20-5)16(2,3)4/h6-9,14H,10H2,1-5H3,(H,17,18)/t14-/m1/s1. The number of methoxy groups -OCH3 is 1. The van der Waals surface area contributed by atoms with E-state index in [9.17, 15) is 9.59 Å². The topological polar surface area (TPSA) is 55.4 Å². The first-order chi connectivity index (χ1) is 9.74. The monoisotopic (exact) mass is 309 g/mol. The quantitative estimate of drug-likeness (QED) is 0.671. The number of hydrogen-bond acceptors (Lipinski definition) is 4. The average Bonchev–Trinajstić information content (AvgIpc) is 2.42. The third-order valence-corrected chi connectivity index (χ3v) is 4.01. The summed E-state index contributed by atoms with van der Waals surface area (Å²) < 4.78 is 4.76. The normalized spacial score (nSPS) is 12.6. The van der Waals surface area contributed by atoms with E-state index < -0.39 is 17.4 Å². The maximum Gasteiger partial charge on any atom is 0.328 e. The molecule has 0 aliphatic rings. The van der Waals surface area contributed by atoms with Crippen LogP contribution in [0.1, 0.15) is 26.3 Å². The Morgan fingerprint density at radius 3 is 2.29 bits per heavy atom. The van der Waals surface area contributed by atoms with E-state index in [-0.39, 0.29) is 11.7 Å². The van der Waals surface area contributed by atoms with Crippen LogP contribution < -0.4 is 5.32 Å². The van der Waals surface area contributed by atoms with Crippen molar-refractivity contribution in [2.45, 2.75) is 38.6 Å². The van der Waals surface area contributed by atoms with E-state index in [1.54, 1.807) is 0 Å². The lowest BCUT2D eigenvalue weighted by Gasteiger charge is -2.28. The highest BCUT2D eigenvalue weighted by Crippen LogP contribution is 2.21. The Hall–Kier alpha value is -1.49. The number of carbonyl (C=O) groups excluding carboxylic acids is 2. The van der Waals surface area contributed by atoms with Crippen LogP contribution in [-0.2, 0) is 14.3 Å². The van der Waals surface area contributed by atoms with Gasteiger partial charge in [-0.3, -0.25) is 4.79 Å². The summed E-state index contributed by atoms with van der Waals surface area (Å²) in [7, 11) is 1.33. The van der Waals surface area contributed by atoms with Gasteiger partial charge in [-0.15, -0.1) is 11.8 Å². The molecule has 5 heteroatoms. The van der Waals surface area contributed by atoms with E-state index in [1.807, 2.05) is 52.0 Å². The molecule has 0 saturated heterocycles. The predicted molar refractivity (Wildman–Crippen MR) is 85.3 cm³/mol. The van der Waals surface area contributed by atoms with Gasteiger partial charge in [-0.25, -0.2) is 4.79 Å². The molecule has 0 heterocycles. The zero-order chi connectivity index (χ0) is 16.0. The summed E-state index contributed by atoms with van der Waals surface area (Å²) in [5.74, 6) is -0.325. The van der Waals surface area contributed by atoms with Gasteiger partial charge in [0.1, 0.15) is 6.04 Å². The Bertz CT molecular complexity index is 491. The number of benzene rings is 1. The lowest BCUT2D eigenvalue weighted by atomic mass is 9.87. The highest BCUT2D eigenvalue weighted by Gasteiger charge is 2.33. The average molecular weight is 309 g/mol. The minimum atomic E-state index is -0.645. The molecule has 0 unspecified atom stereocenters. The summed E-state index contributed by atoms with van der Waals surface area (Å²) in [6, 6.07) is 7.33. The van der Waals surface area contributed by atoms with Crippen molar-refractivity contribution >= 4 is 23.6 Å². The maximum absolute atomic E-state index is 12.0. The second kappa shape index (κ2) is 7.50. The molecule has 0 spiro atoms. The highest BCUT2D eigenvalue weighted by molar-refractivity contribution is 8.00. The molecule has 1 amide bonds. The van der Waals surface area contributed by atoms with Crippen LogP contribution in [0.15, 0.2) is 29.2 Å². The number of ether oxygens (including phenoxy) is 1.